The summed E-state index contributed by atoms with van der Waals surface area (Å²) in [5, 5.41) is 32.0. The first-order valence-corrected chi connectivity index (χ1v) is 18.9. The lowest BCUT2D eigenvalue weighted by Crippen LogP contribution is -2.50. The topological polar surface area (TPSA) is 94.9 Å². The van der Waals surface area contributed by atoms with Crippen molar-refractivity contribution in [2.45, 2.75) is 141 Å². The molecule has 0 rings (SSSR count). The summed E-state index contributed by atoms with van der Waals surface area (Å²) in [7, 11) is 0. The van der Waals surface area contributed by atoms with Gasteiger partial charge in [0.1, 0.15) is 0 Å². The first-order chi connectivity index (χ1) is 22.9. The molecule has 0 radical (unpaired) electrons. The standard InChI is InChI=1S/C39H76N2O6/c1-6-10-11-12-13-14-15-16-17-18-19-20-21-22-23-24-25-41(32-39(44)35-47-28-9-4)36(5)29-40(30-37(42)33-45-26-7-2)31-38(43)34-46-27-8-3/h7-9,36-39,42-44H,2-4,6,10-35H2,1,5H3. The number of rotatable bonds is 38. The van der Waals surface area contributed by atoms with E-state index >= 15 is 0 Å². The molecular formula is C39H76N2O6. The van der Waals surface area contributed by atoms with Gasteiger partial charge in [0.15, 0.2) is 0 Å². The third kappa shape index (κ3) is 30.7. The number of nitrogens with zero attached hydrogens (tertiary/aromatic N) is 2. The maximum atomic E-state index is 10.8. The zero-order valence-electron chi connectivity index (χ0n) is 30.7. The fourth-order valence-electron chi connectivity index (χ4n) is 5.95. The van der Waals surface area contributed by atoms with Crippen molar-refractivity contribution in [3.05, 3.63) is 38.0 Å². The number of unbranched alkanes of at least 4 members (excludes halogenated alkanes) is 15. The molecule has 47 heavy (non-hydrogen) atoms. The molecule has 4 unspecified atom stereocenters. The van der Waals surface area contributed by atoms with Gasteiger partial charge in [0.05, 0.1) is 58.0 Å². The second-order valence-electron chi connectivity index (χ2n) is 13.3. The molecule has 0 saturated carbocycles. The van der Waals surface area contributed by atoms with Gasteiger partial charge in [0.25, 0.3) is 0 Å². The normalized spacial score (nSPS) is 14.4. The summed E-state index contributed by atoms with van der Waals surface area (Å²) in [5.74, 6) is 0. The maximum Gasteiger partial charge on any atom is 0.0900 e. The van der Waals surface area contributed by atoms with Gasteiger partial charge in [-0.25, -0.2) is 0 Å². The number of aliphatic hydroxyl groups is 3. The van der Waals surface area contributed by atoms with Gasteiger partial charge in [-0.3, -0.25) is 9.80 Å². The molecule has 0 saturated heterocycles. The number of hydrogen-bond donors (Lipinski definition) is 3. The van der Waals surface area contributed by atoms with Gasteiger partial charge in [-0.2, -0.15) is 0 Å². The van der Waals surface area contributed by atoms with Gasteiger partial charge in [0.2, 0.25) is 0 Å². The molecule has 278 valence electrons. The highest BCUT2D eigenvalue weighted by molar-refractivity contribution is 4.79. The molecule has 4 atom stereocenters. The van der Waals surface area contributed by atoms with Crippen LogP contribution in [0.15, 0.2) is 38.0 Å². The van der Waals surface area contributed by atoms with Crippen molar-refractivity contribution < 1.29 is 29.5 Å². The molecule has 0 aliphatic heterocycles. The second kappa shape index (κ2) is 34.8. The Labute approximate surface area is 290 Å². The molecule has 3 N–H and O–H groups in total. The zero-order chi connectivity index (χ0) is 34.8. The van der Waals surface area contributed by atoms with E-state index in [9.17, 15) is 15.3 Å². The number of ether oxygens (including phenoxy) is 3. The predicted molar refractivity (Wildman–Crippen MR) is 198 cm³/mol. The summed E-state index contributed by atoms with van der Waals surface area (Å²) >= 11 is 0. The van der Waals surface area contributed by atoms with Crippen molar-refractivity contribution in [2.75, 3.05) is 72.4 Å². The van der Waals surface area contributed by atoms with Crippen molar-refractivity contribution in [2.24, 2.45) is 0 Å². The minimum Gasteiger partial charge on any atom is -0.389 e. The van der Waals surface area contributed by atoms with Gasteiger partial charge in [-0.15, -0.1) is 19.7 Å². The Kier molecular flexibility index (Phi) is 33.9. The van der Waals surface area contributed by atoms with Crippen molar-refractivity contribution >= 4 is 0 Å². The number of aliphatic hydroxyl groups excluding tert-OH is 3. The highest BCUT2D eigenvalue weighted by Gasteiger charge is 2.23. The molecule has 0 aliphatic carbocycles. The summed E-state index contributed by atoms with van der Waals surface area (Å²) in [6.45, 7) is 20.0. The molecule has 0 heterocycles. The lowest BCUT2D eigenvalue weighted by molar-refractivity contribution is -0.0157. The molecule has 0 amide bonds. The third-order valence-electron chi connectivity index (χ3n) is 8.47. The van der Waals surface area contributed by atoms with Gasteiger partial charge in [0, 0.05) is 32.2 Å². The molecule has 0 fully saturated rings. The van der Waals surface area contributed by atoms with Crippen LogP contribution >= 0.6 is 0 Å². The fraction of sp³-hybridized carbons (Fsp3) is 0.846. The van der Waals surface area contributed by atoms with Gasteiger partial charge in [-0.05, 0) is 19.9 Å². The summed E-state index contributed by atoms with van der Waals surface area (Å²) in [6.07, 6.45) is 24.4. The summed E-state index contributed by atoms with van der Waals surface area (Å²) in [5.41, 5.74) is 0. The Balaban J connectivity index is 4.76. The van der Waals surface area contributed by atoms with Crippen LogP contribution in [0, 0.1) is 0 Å². The van der Waals surface area contributed by atoms with E-state index < -0.39 is 18.3 Å². The highest BCUT2D eigenvalue weighted by Crippen LogP contribution is 2.15. The summed E-state index contributed by atoms with van der Waals surface area (Å²) in [6, 6.07) is 0.0861. The summed E-state index contributed by atoms with van der Waals surface area (Å²) in [4.78, 5) is 4.38. The van der Waals surface area contributed by atoms with E-state index in [4.69, 9.17) is 14.2 Å². The van der Waals surface area contributed by atoms with Crippen LogP contribution in [-0.4, -0.2) is 122 Å². The largest absolute Gasteiger partial charge is 0.389 e. The fourth-order valence-corrected chi connectivity index (χ4v) is 5.95. The van der Waals surface area contributed by atoms with E-state index in [2.05, 4.69) is 43.4 Å². The lowest BCUT2D eigenvalue weighted by atomic mass is 10.0. The van der Waals surface area contributed by atoms with Crippen LogP contribution in [-0.2, 0) is 14.2 Å². The van der Waals surface area contributed by atoms with Crippen LogP contribution in [0.2, 0.25) is 0 Å². The van der Waals surface area contributed by atoms with Crippen LogP contribution in [0.1, 0.15) is 117 Å². The van der Waals surface area contributed by atoms with E-state index in [-0.39, 0.29) is 25.9 Å². The minimum absolute atomic E-state index is 0.0861. The van der Waals surface area contributed by atoms with Crippen LogP contribution in [0.25, 0.3) is 0 Å². The van der Waals surface area contributed by atoms with Gasteiger partial charge < -0.3 is 29.5 Å². The Morgan fingerprint density at radius 3 is 1.21 bits per heavy atom. The van der Waals surface area contributed by atoms with E-state index in [0.29, 0.717) is 46.0 Å². The first kappa shape index (κ1) is 45.9. The Morgan fingerprint density at radius 2 is 0.851 bits per heavy atom. The first-order valence-electron chi connectivity index (χ1n) is 18.9. The van der Waals surface area contributed by atoms with Crippen LogP contribution < -0.4 is 0 Å². The second-order valence-corrected chi connectivity index (χ2v) is 13.3. The minimum atomic E-state index is -0.699. The van der Waals surface area contributed by atoms with Crippen molar-refractivity contribution in [1.82, 2.24) is 9.80 Å². The molecule has 0 aromatic heterocycles. The van der Waals surface area contributed by atoms with E-state index in [1.54, 1.807) is 18.2 Å². The van der Waals surface area contributed by atoms with Gasteiger partial charge >= 0.3 is 0 Å². The molecule has 0 bridgehead atoms. The average molecular weight is 669 g/mol. The SMILES string of the molecule is C=CCOCC(O)CN(CC(O)COCC=C)CC(C)N(CCCCCCCCCCCCCCCCCC)CC(O)COCC=C. The van der Waals surface area contributed by atoms with Crippen molar-refractivity contribution in [3.63, 3.8) is 0 Å². The van der Waals surface area contributed by atoms with Crippen molar-refractivity contribution in [3.8, 4) is 0 Å². The molecule has 8 nitrogen and oxygen atoms in total. The zero-order valence-corrected chi connectivity index (χ0v) is 30.7. The van der Waals surface area contributed by atoms with Crippen LogP contribution in [0.5, 0.6) is 0 Å². The van der Waals surface area contributed by atoms with Crippen LogP contribution in [0.3, 0.4) is 0 Å². The van der Waals surface area contributed by atoms with Crippen molar-refractivity contribution in [1.29, 1.82) is 0 Å². The molecule has 0 spiro atoms. The van der Waals surface area contributed by atoms with Crippen LogP contribution in [0.4, 0.5) is 0 Å². The molecule has 0 aromatic carbocycles. The Hall–Kier alpha value is -1.10. The molecular weight excluding hydrogens is 592 g/mol. The predicted octanol–water partition coefficient (Wildman–Crippen LogP) is 6.93. The van der Waals surface area contributed by atoms with E-state index in [1.165, 1.54) is 96.3 Å². The molecule has 8 heteroatoms. The van der Waals surface area contributed by atoms with E-state index in [0.717, 1.165) is 13.0 Å². The molecule has 0 aromatic rings. The van der Waals surface area contributed by atoms with Gasteiger partial charge in [-0.1, -0.05) is 121 Å². The Morgan fingerprint density at radius 1 is 0.511 bits per heavy atom. The smallest absolute Gasteiger partial charge is 0.0900 e. The molecule has 0 aliphatic rings. The Bertz CT molecular complexity index is 674. The highest BCUT2D eigenvalue weighted by atomic mass is 16.5. The lowest BCUT2D eigenvalue weighted by Gasteiger charge is -2.36. The van der Waals surface area contributed by atoms with E-state index in [1.807, 2.05) is 0 Å². The third-order valence-corrected chi connectivity index (χ3v) is 8.47. The maximum absolute atomic E-state index is 10.8. The average Bonchev–Trinajstić information content (AvgIpc) is 3.04. The monoisotopic (exact) mass is 669 g/mol. The number of hydrogen-bond acceptors (Lipinski definition) is 8. The quantitative estimate of drug-likeness (QED) is 0.0482. The summed E-state index contributed by atoms with van der Waals surface area (Å²) < 4.78 is 16.5.